The Kier molecular flexibility index (Phi) is 2.08. The van der Waals surface area contributed by atoms with Crippen LogP contribution in [0, 0.1) is 5.92 Å². The third-order valence-corrected chi connectivity index (χ3v) is 4.06. The van der Waals surface area contributed by atoms with Gasteiger partial charge >= 0.3 is 0 Å². The second-order valence-corrected chi connectivity index (χ2v) is 4.78. The van der Waals surface area contributed by atoms with E-state index in [-0.39, 0.29) is 5.92 Å². The summed E-state index contributed by atoms with van der Waals surface area (Å²) in [7, 11) is 0. The van der Waals surface area contributed by atoms with Gasteiger partial charge in [-0.2, -0.15) is 0 Å². The van der Waals surface area contributed by atoms with Crippen molar-refractivity contribution >= 4 is 0 Å². The van der Waals surface area contributed by atoms with Gasteiger partial charge in [-0.05, 0) is 31.4 Å². The summed E-state index contributed by atoms with van der Waals surface area (Å²) in [6.07, 6.45) is 3.39. The average molecular weight is 203 g/mol. The Hall–Kier alpha value is -0.860. The molecule has 2 nitrogen and oxygen atoms in total. The Balaban J connectivity index is 1.95. The van der Waals surface area contributed by atoms with Gasteiger partial charge in [0.25, 0.3) is 0 Å². The second-order valence-electron chi connectivity index (χ2n) is 4.78. The van der Waals surface area contributed by atoms with Crippen molar-refractivity contribution in [1.29, 1.82) is 0 Å². The molecule has 15 heavy (non-hydrogen) atoms. The SMILES string of the molecule is O[C@]12NCC[C@H]1CCC2c1ccccc1. The third-order valence-electron chi connectivity index (χ3n) is 4.06. The molecular weight excluding hydrogens is 186 g/mol. The molecule has 3 atom stereocenters. The number of rotatable bonds is 1. The van der Waals surface area contributed by atoms with Crippen molar-refractivity contribution in [2.24, 2.45) is 5.92 Å². The fourth-order valence-electron chi connectivity index (χ4n) is 3.28. The molecule has 0 amide bonds. The summed E-state index contributed by atoms with van der Waals surface area (Å²) in [4.78, 5) is 0. The Morgan fingerprint density at radius 3 is 2.73 bits per heavy atom. The lowest BCUT2D eigenvalue weighted by Crippen LogP contribution is -2.46. The highest BCUT2D eigenvalue weighted by Gasteiger charge is 2.51. The van der Waals surface area contributed by atoms with Crippen LogP contribution in [0.2, 0.25) is 0 Å². The Bertz CT molecular complexity index is 351. The van der Waals surface area contributed by atoms with Gasteiger partial charge in [0.15, 0.2) is 0 Å². The molecule has 0 spiro atoms. The number of aliphatic hydroxyl groups is 1. The van der Waals surface area contributed by atoms with E-state index in [2.05, 4.69) is 29.6 Å². The zero-order valence-corrected chi connectivity index (χ0v) is 8.82. The van der Waals surface area contributed by atoms with Gasteiger partial charge in [-0.3, -0.25) is 5.32 Å². The smallest absolute Gasteiger partial charge is 0.125 e. The van der Waals surface area contributed by atoms with Crippen molar-refractivity contribution in [1.82, 2.24) is 5.32 Å². The monoisotopic (exact) mass is 203 g/mol. The quantitative estimate of drug-likeness (QED) is 0.730. The molecule has 0 bridgehead atoms. The lowest BCUT2D eigenvalue weighted by Gasteiger charge is -2.30. The van der Waals surface area contributed by atoms with Crippen LogP contribution in [-0.2, 0) is 0 Å². The number of nitrogens with one attached hydrogen (secondary N) is 1. The summed E-state index contributed by atoms with van der Waals surface area (Å²) in [5, 5.41) is 13.9. The van der Waals surface area contributed by atoms with Crippen LogP contribution in [-0.4, -0.2) is 17.4 Å². The van der Waals surface area contributed by atoms with Gasteiger partial charge in [0.1, 0.15) is 5.72 Å². The van der Waals surface area contributed by atoms with E-state index in [4.69, 9.17) is 0 Å². The van der Waals surface area contributed by atoms with Crippen LogP contribution in [0.25, 0.3) is 0 Å². The largest absolute Gasteiger partial charge is 0.375 e. The standard InChI is InChI=1S/C13H17NO/c15-13-11(8-9-14-13)6-7-12(13)10-4-2-1-3-5-10/h1-5,11-12,14-15H,6-9H2/t11-,12?,13-/m1/s1. The van der Waals surface area contributed by atoms with E-state index in [1.807, 2.05) is 6.07 Å². The predicted molar refractivity (Wildman–Crippen MR) is 59.5 cm³/mol. The van der Waals surface area contributed by atoms with E-state index in [1.165, 1.54) is 5.56 Å². The number of hydrogen-bond acceptors (Lipinski definition) is 2. The minimum atomic E-state index is -0.624. The van der Waals surface area contributed by atoms with E-state index in [9.17, 15) is 5.11 Å². The Morgan fingerprint density at radius 2 is 1.93 bits per heavy atom. The first-order valence-corrected chi connectivity index (χ1v) is 5.83. The minimum absolute atomic E-state index is 0.284. The lowest BCUT2D eigenvalue weighted by molar-refractivity contribution is -0.0143. The molecule has 2 heteroatoms. The highest BCUT2D eigenvalue weighted by Crippen LogP contribution is 2.48. The molecule has 2 fully saturated rings. The molecule has 1 aromatic rings. The lowest BCUT2D eigenvalue weighted by atomic mass is 9.89. The summed E-state index contributed by atoms with van der Waals surface area (Å²) in [6, 6.07) is 10.4. The van der Waals surface area contributed by atoms with Crippen LogP contribution in [0.3, 0.4) is 0 Å². The van der Waals surface area contributed by atoms with Gasteiger partial charge in [0.05, 0.1) is 0 Å². The maximum atomic E-state index is 10.6. The predicted octanol–water partition coefficient (Wildman–Crippen LogP) is 1.86. The molecule has 0 aromatic heterocycles. The zero-order valence-electron chi connectivity index (χ0n) is 8.82. The van der Waals surface area contributed by atoms with Crippen LogP contribution in [0.1, 0.15) is 30.7 Å². The first-order valence-electron chi connectivity index (χ1n) is 5.83. The zero-order chi connectivity index (χ0) is 10.3. The van der Waals surface area contributed by atoms with Crippen LogP contribution in [0.15, 0.2) is 30.3 Å². The van der Waals surface area contributed by atoms with Crippen molar-refractivity contribution < 1.29 is 5.11 Å². The van der Waals surface area contributed by atoms with Crippen molar-refractivity contribution in [3.63, 3.8) is 0 Å². The molecule has 1 heterocycles. The number of fused-ring (bicyclic) bond motifs is 1. The molecule has 1 aliphatic heterocycles. The topological polar surface area (TPSA) is 32.3 Å². The van der Waals surface area contributed by atoms with Crippen LogP contribution in [0.4, 0.5) is 0 Å². The number of benzene rings is 1. The van der Waals surface area contributed by atoms with Gasteiger partial charge in [-0.1, -0.05) is 30.3 Å². The number of hydrogen-bond donors (Lipinski definition) is 2. The molecule has 1 aromatic carbocycles. The summed E-state index contributed by atoms with van der Waals surface area (Å²) in [5.41, 5.74) is 0.651. The van der Waals surface area contributed by atoms with Gasteiger partial charge in [0.2, 0.25) is 0 Å². The first kappa shape index (κ1) is 9.37. The van der Waals surface area contributed by atoms with Crippen molar-refractivity contribution in [2.45, 2.75) is 30.9 Å². The van der Waals surface area contributed by atoms with Gasteiger partial charge in [0, 0.05) is 11.8 Å². The van der Waals surface area contributed by atoms with E-state index >= 15 is 0 Å². The fraction of sp³-hybridized carbons (Fsp3) is 0.538. The van der Waals surface area contributed by atoms with Gasteiger partial charge < -0.3 is 5.11 Å². The fourth-order valence-corrected chi connectivity index (χ4v) is 3.28. The molecule has 1 saturated heterocycles. The molecule has 3 rings (SSSR count). The van der Waals surface area contributed by atoms with E-state index < -0.39 is 5.72 Å². The molecule has 2 N–H and O–H groups in total. The van der Waals surface area contributed by atoms with E-state index in [0.717, 1.165) is 25.8 Å². The minimum Gasteiger partial charge on any atom is -0.375 e. The van der Waals surface area contributed by atoms with E-state index in [1.54, 1.807) is 0 Å². The van der Waals surface area contributed by atoms with Crippen molar-refractivity contribution in [2.75, 3.05) is 6.54 Å². The molecule has 1 unspecified atom stereocenters. The molecule has 80 valence electrons. The van der Waals surface area contributed by atoms with Crippen LogP contribution in [0.5, 0.6) is 0 Å². The van der Waals surface area contributed by atoms with Gasteiger partial charge in [-0.25, -0.2) is 0 Å². The second kappa shape index (κ2) is 3.32. The molecule has 2 aliphatic rings. The molecule has 1 saturated carbocycles. The van der Waals surface area contributed by atoms with Crippen LogP contribution >= 0.6 is 0 Å². The van der Waals surface area contributed by atoms with Gasteiger partial charge in [-0.15, -0.1) is 0 Å². The van der Waals surface area contributed by atoms with Crippen molar-refractivity contribution in [3.05, 3.63) is 35.9 Å². The van der Waals surface area contributed by atoms with Crippen molar-refractivity contribution in [3.8, 4) is 0 Å². The maximum absolute atomic E-state index is 10.6. The molecule has 0 radical (unpaired) electrons. The van der Waals surface area contributed by atoms with E-state index in [0.29, 0.717) is 5.92 Å². The maximum Gasteiger partial charge on any atom is 0.125 e. The molecule has 1 aliphatic carbocycles. The highest BCUT2D eigenvalue weighted by atomic mass is 16.3. The summed E-state index contributed by atoms with van der Waals surface area (Å²) >= 11 is 0. The summed E-state index contributed by atoms with van der Waals surface area (Å²) < 4.78 is 0. The molecular formula is C13H17NO. The normalized spacial score (nSPS) is 39.3. The third kappa shape index (κ3) is 1.32. The Morgan fingerprint density at radius 1 is 1.13 bits per heavy atom. The Labute approximate surface area is 90.3 Å². The summed E-state index contributed by atoms with van der Waals surface area (Å²) in [6.45, 7) is 0.963. The first-order chi connectivity index (χ1) is 7.31. The van der Waals surface area contributed by atoms with Crippen LogP contribution < -0.4 is 5.32 Å². The highest BCUT2D eigenvalue weighted by molar-refractivity contribution is 5.26. The summed E-state index contributed by atoms with van der Waals surface area (Å²) in [5.74, 6) is 0.744. The average Bonchev–Trinajstić information content (AvgIpc) is 2.75.